The van der Waals surface area contributed by atoms with E-state index in [0.29, 0.717) is 17.5 Å². The second kappa shape index (κ2) is 12.0. The maximum Gasteiger partial charge on any atom is 0.164 e. The summed E-state index contributed by atoms with van der Waals surface area (Å²) in [4.78, 5) is 15.0. The van der Waals surface area contributed by atoms with E-state index < -0.39 is 0 Å². The van der Waals surface area contributed by atoms with Crippen LogP contribution in [-0.2, 0) is 5.41 Å². The van der Waals surface area contributed by atoms with Crippen LogP contribution in [0.1, 0.15) is 25.0 Å². The first kappa shape index (κ1) is 31.5. The molecule has 55 heavy (non-hydrogen) atoms. The van der Waals surface area contributed by atoms with E-state index >= 15 is 0 Å². The molecule has 0 unspecified atom stereocenters. The Labute approximate surface area is 319 Å². The normalized spacial score (nSPS) is 13.1. The number of benzene rings is 9. The fourth-order valence-electron chi connectivity index (χ4n) is 9.13. The second-order valence-electron chi connectivity index (χ2n) is 15.1. The summed E-state index contributed by atoms with van der Waals surface area (Å²) in [6, 6.07) is 62.9. The Morgan fingerprint density at radius 2 is 0.782 bits per heavy atom. The molecule has 3 nitrogen and oxygen atoms in total. The van der Waals surface area contributed by atoms with Crippen LogP contribution in [0, 0.1) is 0 Å². The van der Waals surface area contributed by atoms with Crippen molar-refractivity contribution >= 4 is 43.1 Å². The highest BCUT2D eigenvalue weighted by Gasteiger charge is 2.39. The fourth-order valence-corrected chi connectivity index (χ4v) is 9.13. The van der Waals surface area contributed by atoms with Crippen LogP contribution in [0.2, 0.25) is 0 Å². The van der Waals surface area contributed by atoms with E-state index in [1.165, 1.54) is 70.9 Å². The van der Waals surface area contributed by atoms with Crippen LogP contribution in [0.3, 0.4) is 0 Å². The van der Waals surface area contributed by atoms with Crippen molar-refractivity contribution in [3.8, 4) is 56.4 Å². The van der Waals surface area contributed by atoms with Gasteiger partial charge in [0.05, 0.1) is 0 Å². The molecule has 0 spiro atoms. The minimum atomic E-state index is -0.255. The molecule has 1 aliphatic carbocycles. The summed E-state index contributed by atoms with van der Waals surface area (Å²) >= 11 is 0. The topological polar surface area (TPSA) is 38.7 Å². The Balaban J connectivity index is 1.10. The quantitative estimate of drug-likeness (QED) is 0.171. The number of nitrogens with zero attached hydrogens (tertiary/aromatic N) is 3. The third-order valence-electron chi connectivity index (χ3n) is 11.6. The minimum Gasteiger partial charge on any atom is -0.208 e. The van der Waals surface area contributed by atoms with Gasteiger partial charge in [0.25, 0.3) is 0 Å². The van der Waals surface area contributed by atoms with Crippen LogP contribution in [-0.4, -0.2) is 15.0 Å². The van der Waals surface area contributed by atoms with Gasteiger partial charge in [0.15, 0.2) is 17.5 Å². The lowest BCUT2D eigenvalue weighted by molar-refractivity contribution is 0.667. The molecular formula is C52H35N3. The summed E-state index contributed by atoms with van der Waals surface area (Å²) < 4.78 is 0. The van der Waals surface area contributed by atoms with Crippen molar-refractivity contribution in [2.75, 3.05) is 0 Å². The molecule has 0 radical (unpaired) electrons. The maximum atomic E-state index is 5.02. The maximum absolute atomic E-state index is 5.02. The van der Waals surface area contributed by atoms with Gasteiger partial charge in [-0.05, 0) is 88.6 Å². The first-order chi connectivity index (χ1) is 27.0. The first-order valence-corrected chi connectivity index (χ1v) is 19.0. The third-order valence-corrected chi connectivity index (χ3v) is 11.6. The molecular weight excluding hydrogens is 667 g/mol. The van der Waals surface area contributed by atoms with Crippen LogP contribution in [0.4, 0.5) is 0 Å². The van der Waals surface area contributed by atoms with Crippen molar-refractivity contribution in [1.82, 2.24) is 15.0 Å². The minimum absolute atomic E-state index is 0.255. The Kier molecular flexibility index (Phi) is 6.90. The summed E-state index contributed by atoms with van der Waals surface area (Å²) in [6.07, 6.45) is 0. The number of hydrogen-bond donors (Lipinski definition) is 0. The summed E-state index contributed by atoms with van der Waals surface area (Å²) in [5, 5.41) is 10.6. The van der Waals surface area contributed by atoms with Crippen molar-refractivity contribution in [2.24, 2.45) is 0 Å². The van der Waals surface area contributed by atoms with Gasteiger partial charge in [0.2, 0.25) is 0 Å². The zero-order chi connectivity index (χ0) is 36.7. The molecule has 1 heterocycles. The zero-order valence-corrected chi connectivity index (χ0v) is 30.6. The zero-order valence-electron chi connectivity index (χ0n) is 30.6. The summed E-state index contributed by atoms with van der Waals surface area (Å²) in [6.45, 7) is 4.83. The molecule has 1 aromatic heterocycles. The monoisotopic (exact) mass is 701 g/mol. The van der Waals surface area contributed by atoms with Crippen molar-refractivity contribution in [1.29, 1.82) is 0 Å². The number of aromatic nitrogens is 3. The second-order valence-corrected chi connectivity index (χ2v) is 15.1. The Bertz CT molecular complexity index is 3110. The van der Waals surface area contributed by atoms with E-state index in [-0.39, 0.29) is 5.41 Å². The highest BCUT2D eigenvalue weighted by Crippen LogP contribution is 2.57. The fraction of sp³-hybridized carbons (Fsp3) is 0.0577. The molecule has 10 aromatic rings. The van der Waals surface area contributed by atoms with Crippen LogP contribution >= 0.6 is 0 Å². The number of rotatable bonds is 4. The van der Waals surface area contributed by atoms with Gasteiger partial charge >= 0.3 is 0 Å². The third kappa shape index (κ3) is 4.79. The van der Waals surface area contributed by atoms with Crippen molar-refractivity contribution < 1.29 is 0 Å². The Morgan fingerprint density at radius 3 is 1.38 bits per heavy atom. The van der Waals surface area contributed by atoms with Crippen molar-refractivity contribution in [2.45, 2.75) is 19.3 Å². The van der Waals surface area contributed by atoms with E-state index in [1.807, 2.05) is 60.7 Å². The predicted molar refractivity (Wildman–Crippen MR) is 229 cm³/mol. The van der Waals surface area contributed by atoms with Crippen LogP contribution in [0.15, 0.2) is 176 Å². The van der Waals surface area contributed by atoms with Crippen molar-refractivity contribution in [3.63, 3.8) is 0 Å². The van der Waals surface area contributed by atoms with E-state index in [9.17, 15) is 0 Å². The smallest absolute Gasteiger partial charge is 0.164 e. The van der Waals surface area contributed by atoms with Crippen LogP contribution < -0.4 is 0 Å². The molecule has 0 aliphatic heterocycles. The summed E-state index contributed by atoms with van der Waals surface area (Å²) in [5.41, 5.74) is 10.3. The molecule has 1 aliphatic rings. The molecule has 11 rings (SSSR count). The largest absolute Gasteiger partial charge is 0.208 e. The van der Waals surface area contributed by atoms with E-state index in [1.54, 1.807) is 0 Å². The Morgan fingerprint density at radius 1 is 0.345 bits per heavy atom. The van der Waals surface area contributed by atoms with Gasteiger partial charge in [-0.2, -0.15) is 0 Å². The number of hydrogen-bond acceptors (Lipinski definition) is 3. The molecule has 0 atom stereocenters. The van der Waals surface area contributed by atoms with Crippen molar-refractivity contribution in [3.05, 3.63) is 187 Å². The highest BCUT2D eigenvalue weighted by atomic mass is 15.0. The molecule has 258 valence electrons. The molecule has 0 saturated carbocycles. The standard InChI is InChI=1S/C52H35N3/c1-52(2)44-31-35(34-20-15-21-36(30-34)51-54-49(32-16-5-3-6-17-32)53-50(55-51)33-18-7-4-8-19-33)28-29-43(44)46-42-27-14-13-26-41(42)45-39-24-11-9-22-37(39)38-23-10-12-25-40(38)47(45)48(46)52/h3-31H,1-2H3. The van der Waals surface area contributed by atoms with Gasteiger partial charge < -0.3 is 0 Å². The van der Waals surface area contributed by atoms with Crippen LogP contribution in [0.25, 0.3) is 99.5 Å². The van der Waals surface area contributed by atoms with E-state index in [2.05, 4.69) is 129 Å². The molecule has 0 amide bonds. The van der Waals surface area contributed by atoms with Gasteiger partial charge in [0.1, 0.15) is 0 Å². The van der Waals surface area contributed by atoms with Gasteiger partial charge in [-0.15, -0.1) is 0 Å². The SMILES string of the molecule is CC1(C)c2cc(-c3cccc(-c4nc(-c5ccccc5)nc(-c5ccccc5)n4)c3)ccc2-c2c1c1c3ccccc3c3ccccc3c1c1ccccc21. The van der Waals surface area contributed by atoms with Gasteiger partial charge in [0, 0.05) is 22.1 Å². The number of fused-ring (bicyclic) bond motifs is 13. The van der Waals surface area contributed by atoms with E-state index in [4.69, 9.17) is 15.0 Å². The van der Waals surface area contributed by atoms with Gasteiger partial charge in [-0.1, -0.05) is 178 Å². The lowest BCUT2D eigenvalue weighted by Crippen LogP contribution is -2.16. The summed E-state index contributed by atoms with van der Waals surface area (Å²) in [5.74, 6) is 1.97. The predicted octanol–water partition coefficient (Wildman–Crippen LogP) is 13.5. The molecule has 0 fully saturated rings. The highest BCUT2D eigenvalue weighted by molar-refractivity contribution is 6.35. The lowest BCUT2D eigenvalue weighted by Gasteiger charge is -2.26. The average Bonchev–Trinajstić information content (AvgIpc) is 3.49. The molecule has 3 heteroatoms. The Hall–Kier alpha value is -6.97. The average molecular weight is 702 g/mol. The molecule has 9 aromatic carbocycles. The lowest BCUT2D eigenvalue weighted by atomic mass is 9.77. The molecule has 0 bridgehead atoms. The molecule has 0 saturated heterocycles. The first-order valence-electron chi connectivity index (χ1n) is 19.0. The summed E-state index contributed by atoms with van der Waals surface area (Å²) in [7, 11) is 0. The van der Waals surface area contributed by atoms with Crippen LogP contribution in [0.5, 0.6) is 0 Å². The molecule has 0 N–H and O–H groups in total. The van der Waals surface area contributed by atoms with E-state index in [0.717, 1.165) is 22.3 Å². The van der Waals surface area contributed by atoms with Gasteiger partial charge in [-0.3, -0.25) is 0 Å². The van der Waals surface area contributed by atoms with Gasteiger partial charge in [-0.25, -0.2) is 15.0 Å².